The molecule has 0 aromatic carbocycles. The first kappa shape index (κ1) is 18.3. The summed E-state index contributed by atoms with van der Waals surface area (Å²) < 4.78 is 38.1. The SMILES string of the molecule is CN(C)/C=N\c1ncnc2c1c(C#CCNC(=O)C(F)(F)F)cn2C. The van der Waals surface area contributed by atoms with E-state index >= 15 is 0 Å². The summed E-state index contributed by atoms with van der Waals surface area (Å²) in [6.45, 7) is -0.432. The van der Waals surface area contributed by atoms with Gasteiger partial charge in [0.1, 0.15) is 12.0 Å². The highest BCUT2D eigenvalue weighted by molar-refractivity contribution is 5.93. The Morgan fingerprint density at radius 1 is 1.44 bits per heavy atom. The molecule has 2 aromatic rings. The quantitative estimate of drug-likeness (QED) is 0.512. The number of aliphatic imine (C=N–C) groups is 1. The molecule has 0 aliphatic rings. The Kier molecular flexibility index (Phi) is 5.26. The first-order chi connectivity index (χ1) is 11.7. The molecule has 0 unspecified atom stereocenters. The molecule has 0 saturated heterocycles. The number of nitrogens with one attached hydrogen (secondary N) is 1. The van der Waals surface area contributed by atoms with Crippen molar-refractivity contribution in [1.82, 2.24) is 24.8 Å². The Morgan fingerprint density at radius 3 is 2.80 bits per heavy atom. The maximum atomic E-state index is 12.1. The molecule has 0 saturated carbocycles. The third kappa shape index (κ3) is 4.47. The molecule has 132 valence electrons. The molecule has 10 heteroatoms. The van der Waals surface area contributed by atoms with Crippen LogP contribution in [0.1, 0.15) is 5.56 Å². The van der Waals surface area contributed by atoms with Crippen molar-refractivity contribution in [2.24, 2.45) is 12.0 Å². The number of alkyl halides is 3. The van der Waals surface area contributed by atoms with E-state index in [2.05, 4.69) is 26.8 Å². The molecule has 0 atom stereocenters. The van der Waals surface area contributed by atoms with Crippen LogP contribution in [0.5, 0.6) is 0 Å². The number of aromatic nitrogens is 3. The number of rotatable bonds is 3. The predicted molar refractivity (Wildman–Crippen MR) is 86.3 cm³/mol. The average molecular weight is 352 g/mol. The Morgan fingerprint density at radius 2 is 2.16 bits per heavy atom. The fourth-order valence-corrected chi connectivity index (χ4v) is 1.92. The largest absolute Gasteiger partial charge is 0.471 e. The van der Waals surface area contributed by atoms with Crippen LogP contribution in [0.15, 0.2) is 17.5 Å². The molecule has 25 heavy (non-hydrogen) atoms. The van der Waals surface area contributed by atoms with Gasteiger partial charge in [-0.15, -0.1) is 0 Å². The summed E-state index contributed by atoms with van der Waals surface area (Å²) in [4.78, 5) is 25.0. The summed E-state index contributed by atoms with van der Waals surface area (Å²) in [5.41, 5.74) is 1.09. The average Bonchev–Trinajstić information content (AvgIpc) is 2.85. The number of carbonyl (C=O) groups excluding carboxylic acids is 1. The lowest BCUT2D eigenvalue weighted by Gasteiger charge is -2.04. The molecule has 1 amide bonds. The van der Waals surface area contributed by atoms with Crippen molar-refractivity contribution >= 4 is 29.1 Å². The highest BCUT2D eigenvalue weighted by atomic mass is 19.4. The summed E-state index contributed by atoms with van der Waals surface area (Å²) in [6.07, 6.45) is -0.323. The molecule has 0 bridgehead atoms. The number of fused-ring (bicyclic) bond motifs is 1. The van der Waals surface area contributed by atoms with Crippen molar-refractivity contribution in [3.05, 3.63) is 18.1 Å². The molecule has 2 aromatic heterocycles. The second-order valence-electron chi connectivity index (χ2n) is 5.24. The van der Waals surface area contributed by atoms with Crippen molar-refractivity contribution in [3.8, 4) is 11.8 Å². The Labute approximate surface area is 141 Å². The van der Waals surface area contributed by atoms with Crippen molar-refractivity contribution in [1.29, 1.82) is 0 Å². The van der Waals surface area contributed by atoms with Crippen LogP contribution in [-0.2, 0) is 11.8 Å². The summed E-state index contributed by atoms with van der Waals surface area (Å²) >= 11 is 0. The van der Waals surface area contributed by atoms with Gasteiger partial charge in [-0.3, -0.25) is 4.79 Å². The maximum absolute atomic E-state index is 12.1. The van der Waals surface area contributed by atoms with Crippen LogP contribution < -0.4 is 5.32 Å². The van der Waals surface area contributed by atoms with Gasteiger partial charge >= 0.3 is 12.1 Å². The number of aryl methyl sites for hydroxylation is 1. The van der Waals surface area contributed by atoms with E-state index in [-0.39, 0.29) is 0 Å². The molecular weight excluding hydrogens is 337 g/mol. The smallest absolute Gasteiger partial charge is 0.369 e. The van der Waals surface area contributed by atoms with Crippen molar-refractivity contribution in [2.75, 3.05) is 20.6 Å². The Hall–Kier alpha value is -3.09. The minimum atomic E-state index is -4.93. The first-order valence-electron chi connectivity index (χ1n) is 7.04. The number of amides is 1. The van der Waals surface area contributed by atoms with Crippen molar-refractivity contribution < 1.29 is 18.0 Å². The van der Waals surface area contributed by atoms with E-state index in [0.717, 1.165) is 0 Å². The lowest BCUT2D eigenvalue weighted by Crippen LogP contribution is -2.36. The van der Waals surface area contributed by atoms with Gasteiger partial charge in [0.25, 0.3) is 0 Å². The van der Waals surface area contributed by atoms with E-state index < -0.39 is 18.6 Å². The molecule has 2 heterocycles. The van der Waals surface area contributed by atoms with E-state index in [1.165, 1.54) is 6.33 Å². The fourth-order valence-electron chi connectivity index (χ4n) is 1.92. The molecule has 0 aliphatic carbocycles. The fraction of sp³-hybridized carbons (Fsp3) is 0.333. The van der Waals surface area contributed by atoms with Gasteiger partial charge in [0.05, 0.1) is 23.8 Å². The number of halogens is 3. The first-order valence-corrected chi connectivity index (χ1v) is 7.04. The second kappa shape index (κ2) is 7.21. The van der Waals surface area contributed by atoms with Gasteiger partial charge in [-0.05, 0) is 0 Å². The van der Waals surface area contributed by atoms with Crippen molar-refractivity contribution in [2.45, 2.75) is 6.18 Å². The molecule has 1 N–H and O–H groups in total. The van der Waals surface area contributed by atoms with E-state index in [4.69, 9.17) is 0 Å². The zero-order chi connectivity index (χ0) is 18.6. The number of nitrogens with zero attached hydrogens (tertiary/aromatic N) is 5. The predicted octanol–water partition coefficient (Wildman–Crippen LogP) is 1.22. The van der Waals surface area contributed by atoms with Crippen LogP contribution in [0.3, 0.4) is 0 Å². The zero-order valence-corrected chi connectivity index (χ0v) is 13.7. The van der Waals surface area contributed by atoms with E-state index in [1.54, 1.807) is 48.5 Å². The Balaban J connectivity index is 2.30. The molecule has 2 rings (SSSR count). The topological polar surface area (TPSA) is 75.4 Å². The third-order valence-corrected chi connectivity index (χ3v) is 2.96. The van der Waals surface area contributed by atoms with Gasteiger partial charge in [0, 0.05) is 27.3 Å². The minimum absolute atomic E-state index is 0.392. The highest BCUT2D eigenvalue weighted by Gasteiger charge is 2.38. The molecule has 0 aliphatic heterocycles. The molecule has 0 radical (unpaired) electrons. The number of hydrogen-bond donors (Lipinski definition) is 1. The van der Waals surface area contributed by atoms with E-state index in [0.29, 0.717) is 22.4 Å². The normalized spacial score (nSPS) is 11.4. The number of hydrogen-bond acceptors (Lipinski definition) is 4. The van der Waals surface area contributed by atoms with Crippen LogP contribution in [-0.4, -0.2) is 58.5 Å². The highest BCUT2D eigenvalue weighted by Crippen LogP contribution is 2.26. The third-order valence-electron chi connectivity index (χ3n) is 2.96. The van der Waals surface area contributed by atoms with Crippen LogP contribution >= 0.6 is 0 Å². The zero-order valence-electron chi connectivity index (χ0n) is 13.7. The van der Waals surface area contributed by atoms with Crippen LogP contribution in [0.25, 0.3) is 11.0 Å². The number of carbonyl (C=O) groups is 1. The van der Waals surface area contributed by atoms with Gasteiger partial charge in [-0.25, -0.2) is 15.0 Å². The molecule has 0 spiro atoms. The lowest BCUT2D eigenvalue weighted by atomic mass is 10.2. The molecule has 0 fully saturated rings. The molecule has 7 nitrogen and oxygen atoms in total. The van der Waals surface area contributed by atoms with E-state index in [1.807, 2.05) is 0 Å². The van der Waals surface area contributed by atoms with Gasteiger partial charge in [0.15, 0.2) is 5.82 Å². The summed E-state index contributed by atoms with van der Waals surface area (Å²) in [5.74, 6) is 3.58. The van der Waals surface area contributed by atoms with Crippen LogP contribution in [0, 0.1) is 11.8 Å². The van der Waals surface area contributed by atoms with Gasteiger partial charge in [-0.1, -0.05) is 11.8 Å². The second-order valence-corrected chi connectivity index (χ2v) is 5.24. The molecular formula is C15H15F3N6O. The standard InChI is InChI=1S/C15H15F3N6O/c1-23(2)9-22-12-11-10(7-24(3)13(11)21-8-20-12)5-4-6-19-14(25)15(16,17)18/h7-9H,6H2,1-3H3,(H,19,25)/b22-9-. The van der Waals surface area contributed by atoms with Gasteiger partial charge in [0.2, 0.25) is 0 Å². The summed E-state index contributed by atoms with van der Waals surface area (Å²) in [7, 11) is 5.36. The van der Waals surface area contributed by atoms with E-state index in [9.17, 15) is 18.0 Å². The lowest BCUT2D eigenvalue weighted by molar-refractivity contribution is -0.173. The maximum Gasteiger partial charge on any atom is 0.471 e. The van der Waals surface area contributed by atoms with Gasteiger partial charge < -0.3 is 14.8 Å². The monoisotopic (exact) mass is 352 g/mol. The summed E-state index contributed by atoms with van der Waals surface area (Å²) in [6, 6.07) is 0. The van der Waals surface area contributed by atoms with Crippen LogP contribution in [0.2, 0.25) is 0 Å². The summed E-state index contributed by atoms with van der Waals surface area (Å²) in [5, 5.41) is 2.27. The van der Waals surface area contributed by atoms with Gasteiger partial charge in [-0.2, -0.15) is 13.2 Å². The minimum Gasteiger partial charge on any atom is -0.369 e. The van der Waals surface area contributed by atoms with Crippen LogP contribution in [0.4, 0.5) is 19.0 Å². The Bertz CT molecular complexity index is 873. The van der Waals surface area contributed by atoms with Crippen molar-refractivity contribution in [3.63, 3.8) is 0 Å².